The van der Waals surface area contributed by atoms with Gasteiger partial charge in [-0.15, -0.1) is 0 Å². The van der Waals surface area contributed by atoms with E-state index >= 15 is 0 Å². The molecule has 1 aliphatic rings. The molecule has 1 heterocycles. The number of carbonyl (C=O) groups is 2. The fourth-order valence-electron chi connectivity index (χ4n) is 2.58. The molecular weight excluding hydrogens is 282 g/mol. The molecule has 2 atom stereocenters. The summed E-state index contributed by atoms with van der Waals surface area (Å²) in [5, 5.41) is 2.73. The third-order valence-electron chi connectivity index (χ3n) is 3.55. The van der Waals surface area contributed by atoms with Crippen LogP contribution in [0, 0.1) is 5.92 Å². The van der Waals surface area contributed by atoms with E-state index in [1.807, 2.05) is 45.0 Å². The molecule has 0 unspecified atom stereocenters. The zero-order valence-corrected chi connectivity index (χ0v) is 13.5. The van der Waals surface area contributed by atoms with E-state index in [1.165, 1.54) is 0 Å². The number of nitrogens with one attached hydrogen (secondary N) is 1. The molecule has 0 aliphatic carbocycles. The third kappa shape index (κ3) is 4.23. The molecule has 1 fully saturated rings. The summed E-state index contributed by atoms with van der Waals surface area (Å²) >= 11 is 0. The first kappa shape index (κ1) is 16.3. The summed E-state index contributed by atoms with van der Waals surface area (Å²) in [5.74, 6) is 0.232. The molecule has 1 aliphatic heterocycles. The van der Waals surface area contributed by atoms with Crippen LogP contribution >= 0.6 is 0 Å². The molecule has 0 radical (unpaired) electrons. The van der Waals surface area contributed by atoms with Crippen molar-refractivity contribution in [3.05, 3.63) is 29.8 Å². The van der Waals surface area contributed by atoms with Gasteiger partial charge in [0.2, 0.25) is 5.91 Å². The van der Waals surface area contributed by atoms with E-state index in [-0.39, 0.29) is 17.8 Å². The minimum Gasteiger partial charge on any atom is -0.497 e. The van der Waals surface area contributed by atoms with Crippen LogP contribution in [0.15, 0.2) is 24.3 Å². The van der Waals surface area contributed by atoms with Gasteiger partial charge in [0.15, 0.2) is 0 Å². The fourth-order valence-corrected chi connectivity index (χ4v) is 2.58. The summed E-state index contributed by atoms with van der Waals surface area (Å²) in [6.07, 6.45) is 0.989. The molecule has 1 aromatic rings. The van der Waals surface area contributed by atoms with Crippen molar-refractivity contribution in [2.24, 2.45) is 5.92 Å². The molecule has 0 aromatic heterocycles. The third-order valence-corrected chi connectivity index (χ3v) is 3.55. The minimum absolute atomic E-state index is 0.0873. The molecule has 5 nitrogen and oxygen atoms in total. The number of methoxy groups -OCH3 is 1. The summed E-state index contributed by atoms with van der Waals surface area (Å²) < 4.78 is 10.5. The average Bonchev–Trinajstić information content (AvgIpc) is 2.79. The van der Waals surface area contributed by atoms with Gasteiger partial charge in [0.1, 0.15) is 17.4 Å². The lowest BCUT2D eigenvalue weighted by molar-refractivity contribution is -0.158. The maximum absolute atomic E-state index is 12.3. The van der Waals surface area contributed by atoms with Gasteiger partial charge in [0, 0.05) is 12.3 Å². The van der Waals surface area contributed by atoms with Gasteiger partial charge in [-0.1, -0.05) is 12.1 Å². The van der Waals surface area contributed by atoms with Crippen LogP contribution in [0.4, 0.5) is 0 Å². The van der Waals surface area contributed by atoms with E-state index in [4.69, 9.17) is 9.47 Å². The van der Waals surface area contributed by atoms with Gasteiger partial charge in [0.05, 0.1) is 7.11 Å². The van der Waals surface area contributed by atoms with Gasteiger partial charge < -0.3 is 14.8 Å². The molecule has 1 amide bonds. The number of carbonyl (C=O) groups excluding carboxylic acids is 2. The maximum Gasteiger partial charge on any atom is 0.329 e. The first-order valence-corrected chi connectivity index (χ1v) is 7.43. The Morgan fingerprint density at radius 1 is 1.27 bits per heavy atom. The Balaban J connectivity index is 2.06. The number of amides is 1. The van der Waals surface area contributed by atoms with Crippen LogP contribution in [-0.4, -0.2) is 30.6 Å². The molecule has 1 aromatic carbocycles. The van der Waals surface area contributed by atoms with E-state index in [0.717, 1.165) is 11.3 Å². The Bertz CT molecular complexity index is 545. The Labute approximate surface area is 131 Å². The van der Waals surface area contributed by atoms with Crippen LogP contribution in [0.3, 0.4) is 0 Å². The van der Waals surface area contributed by atoms with Gasteiger partial charge in [-0.2, -0.15) is 0 Å². The number of rotatable bonds is 4. The standard InChI is InChI=1S/C17H23NO4/c1-17(2,3)22-16(20)15-12(10-14(19)18-15)9-11-5-7-13(21-4)8-6-11/h5-8,12,15H,9-10H2,1-4H3,(H,18,19)/t12-,15-/m0/s1. The normalized spacial score (nSPS) is 21.4. The number of ether oxygens (including phenoxy) is 2. The van der Waals surface area contributed by atoms with Crippen molar-refractivity contribution in [1.82, 2.24) is 5.32 Å². The highest BCUT2D eigenvalue weighted by Crippen LogP contribution is 2.25. The highest BCUT2D eigenvalue weighted by molar-refractivity contribution is 5.89. The van der Waals surface area contributed by atoms with Crippen LogP contribution in [0.25, 0.3) is 0 Å². The molecular formula is C17H23NO4. The summed E-state index contributed by atoms with van der Waals surface area (Å²) in [4.78, 5) is 23.9. The molecule has 22 heavy (non-hydrogen) atoms. The first-order chi connectivity index (χ1) is 10.3. The van der Waals surface area contributed by atoms with E-state index in [1.54, 1.807) is 7.11 Å². The van der Waals surface area contributed by atoms with Crippen molar-refractivity contribution < 1.29 is 19.1 Å². The molecule has 0 spiro atoms. The van der Waals surface area contributed by atoms with Crippen LogP contribution in [0.5, 0.6) is 5.75 Å². The zero-order valence-electron chi connectivity index (χ0n) is 13.5. The minimum atomic E-state index is -0.575. The Hall–Kier alpha value is -2.04. The monoisotopic (exact) mass is 305 g/mol. The molecule has 120 valence electrons. The average molecular weight is 305 g/mol. The van der Waals surface area contributed by atoms with Gasteiger partial charge in [0.25, 0.3) is 0 Å². The first-order valence-electron chi connectivity index (χ1n) is 7.43. The molecule has 1 N–H and O–H groups in total. The quantitative estimate of drug-likeness (QED) is 0.865. The molecule has 0 saturated carbocycles. The fraction of sp³-hybridized carbons (Fsp3) is 0.529. The van der Waals surface area contributed by atoms with E-state index in [2.05, 4.69) is 5.32 Å². The van der Waals surface area contributed by atoms with E-state index < -0.39 is 11.6 Å². The van der Waals surface area contributed by atoms with Crippen LogP contribution in [-0.2, 0) is 20.7 Å². The number of esters is 1. The van der Waals surface area contributed by atoms with Crippen LogP contribution in [0.1, 0.15) is 32.8 Å². The van der Waals surface area contributed by atoms with Crippen molar-refractivity contribution >= 4 is 11.9 Å². The van der Waals surface area contributed by atoms with Gasteiger partial charge in [-0.05, 0) is 44.9 Å². The lowest BCUT2D eigenvalue weighted by Crippen LogP contribution is -2.42. The van der Waals surface area contributed by atoms with Crippen molar-refractivity contribution in [3.8, 4) is 5.75 Å². The second-order valence-electron chi connectivity index (χ2n) is 6.60. The second-order valence-corrected chi connectivity index (χ2v) is 6.60. The predicted octanol–water partition coefficient (Wildman–Crippen LogP) is 2.08. The second kappa shape index (κ2) is 6.38. The molecule has 2 rings (SSSR count). The van der Waals surface area contributed by atoms with Gasteiger partial charge in [-0.3, -0.25) is 4.79 Å². The predicted molar refractivity (Wildman–Crippen MR) is 82.6 cm³/mol. The molecule has 0 bridgehead atoms. The van der Waals surface area contributed by atoms with Crippen molar-refractivity contribution in [3.63, 3.8) is 0 Å². The summed E-state index contributed by atoms with van der Waals surface area (Å²) in [7, 11) is 1.62. The summed E-state index contributed by atoms with van der Waals surface area (Å²) in [6.45, 7) is 5.46. The Kier molecular flexibility index (Phi) is 4.74. The van der Waals surface area contributed by atoms with Gasteiger partial charge in [-0.25, -0.2) is 4.79 Å². The SMILES string of the molecule is COc1ccc(C[C@H]2CC(=O)N[C@@H]2C(=O)OC(C)(C)C)cc1. The van der Waals surface area contributed by atoms with E-state index in [9.17, 15) is 9.59 Å². The largest absolute Gasteiger partial charge is 0.497 e. The lowest BCUT2D eigenvalue weighted by atomic mass is 9.92. The highest BCUT2D eigenvalue weighted by Gasteiger charge is 2.39. The van der Waals surface area contributed by atoms with Crippen LogP contribution in [0.2, 0.25) is 0 Å². The van der Waals surface area contributed by atoms with E-state index in [0.29, 0.717) is 12.8 Å². The Morgan fingerprint density at radius 3 is 2.45 bits per heavy atom. The van der Waals surface area contributed by atoms with Gasteiger partial charge >= 0.3 is 5.97 Å². The molecule has 1 saturated heterocycles. The summed E-state index contributed by atoms with van der Waals surface area (Å²) in [5.41, 5.74) is 0.505. The summed E-state index contributed by atoms with van der Waals surface area (Å²) in [6, 6.07) is 7.08. The zero-order chi connectivity index (χ0) is 16.3. The molecule has 5 heteroatoms. The van der Waals surface area contributed by atoms with Crippen molar-refractivity contribution in [2.75, 3.05) is 7.11 Å². The highest BCUT2D eigenvalue weighted by atomic mass is 16.6. The topological polar surface area (TPSA) is 64.6 Å². The smallest absolute Gasteiger partial charge is 0.329 e. The van der Waals surface area contributed by atoms with Crippen molar-refractivity contribution in [1.29, 1.82) is 0 Å². The Morgan fingerprint density at radius 2 is 1.91 bits per heavy atom. The van der Waals surface area contributed by atoms with Crippen molar-refractivity contribution in [2.45, 2.75) is 45.3 Å². The number of benzene rings is 1. The number of hydrogen-bond donors (Lipinski definition) is 1. The lowest BCUT2D eigenvalue weighted by Gasteiger charge is -2.24. The number of hydrogen-bond acceptors (Lipinski definition) is 4. The maximum atomic E-state index is 12.3. The van der Waals surface area contributed by atoms with Crippen LogP contribution < -0.4 is 10.1 Å².